The fraction of sp³-hybridized carbons (Fsp3) is 0.467. The summed E-state index contributed by atoms with van der Waals surface area (Å²) in [5, 5.41) is 14.7. The van der Waals surface area contributed by atoms with Crippen LogP contribution in [0.4, 0.5) is 10.5 Å². The van der Waals surface area contributed by atoms with Gasteiger partial charge in [-0.25, -0.2) is 4.79 Å². The fourth-order valence-corrected chi connectivity index (χ4v) is 2.28. The molecule has 1 fully saturated rings. The van der Waals surface area contributed by atoms with E-state index in [1.165, 1.54) is 0 Å². The third-order valence-electron chi connectivity index (χ3n) is 3.84. The van der Waals surface area contributed by atoms with E-state index >= 15 is 0 Å². The number of carbonyl (C=O) groups excluding carboxylic acids is 1. The van der Waals surface area contributed by atoms with Gasteiger partial charge in [0.1, 0.15) is 5.41 Å². The van der Waals surface area contributed by atoms with E-state index < -0.39 is 23.5 Å². The second-order valence-electron chi connectivity index (χ2n) is 5.44. The largest absolute Gasteiger partial charge is 0.481 e. The molecule has 2 amide bonds. The van der Waals surface area contributed by atoms with E-state index in [0.717, 1.165) is 12.0 Å². The first-order chi connectivity index (χ1) is 9.95. The molecule has 0 radical (unpaired) electrons. The van der Waals surface area contributed by atoms with Gasteiger partial charge in [-0.3, -0.25) is 4.79 Å². The van der Waals surface area contributed by atoms with Crippen molar-refractivity contribution in [1.82, 2.24) is 5.32 Å². The molecule has 21 heavy (non-hydrogen) atoms. The van der Waals surface area contributed by atoms with Gasteiger partial charge in [-0.1, -0.05) is 19.1 Å². The lowest BCUT2D eigenvalue weighted by Gasteiger charge is -2.25. The summed E-state index contributed by atoms with van der Waals surface area (Å²) in [4.78, 5) is 23.3. The number of rotatable bonds is 4. The number of benzene rings is 1. The van der Waals surface area contributed by atoms with E-state index in [4.69, 9.17) is 4.74 Å². The molecule has 1 heterocycles. The van der Waals surface area contributed by atoms with Crippen LogP contribution in [0.2, 0.25) is 0 Å². The maximum absolute atomic E-state index is 12.0. The highest BCUT2D eigenvalue weighted by atomic mass is 16.5. The van der Waals surface area contributed by atoms with Crippen LogP contribution in [0.1, 0.15) is 19.4 Å². The Balaban J connectivity index is 2.00. The molecule has 0 aliphatic carbocycles. The van der Waals surface area contributed by atoms with Crippen molar-refractivity contribution in [3.05, 3.63) is 29.8 Å². The molecule has 6 nitrogen and oxygen atoms in total. The van der Waals surface area contributed by atoms with Gasteiger partial charge in [0.2, 0.25) is 0 Å². The van der Waals surface area contributed by atoms with Gasteiger partial charge < -0.3 is 20.5 Å². The lowest BCUT2D eigenvalue weighted by Crippen LogP contribution is -2.50. The molecule has 0 bridgehead atoms. The minimum atomic E-state index is -1.09. The summed E-state index contributed by atoms with van der Waals surface area (Å²) in [5.74, 6) is -0.974. The summed E-state index contributed by atoms with van der Waals surface area (Å²) in [5.41, 5.74) is 0.706. The summed E-state index contributed by atoms with van der Waals surface area (Å²) in [6.07, 6.45) is 0.880. The van der Waals surface area contributed by atoms with Crippen molar-refractivity contribution in [3.8, 4) is 0 Å². The van der Waals surface area contributed by atoms with Crippen LogP contribution in [0, 0.1) is 5.41 Å². The minimum absolute atomic E-state index is 0.0958. The molecule has 1 aliphatic rings. The van der Waals surface area contributed by atoms with Crippen LogP contribution in [0.15, 0.2) is 24.3 Å². The normalized spacial score (nSPS) is 24.6. The SMILES string of the molecule is CCc1cccc(NC(=O)NC2COCC2(C)C(=O)O)c1. The Morgan fingerprint density at radius 1 is 1.48 bits per heavy atom. The maximum Gasteiger partial charge on any atom is 0.319 e. The molecule has 1 aromatic carbocycles. The molecule has 2 atom stereocenters. The maximum atomic E-state index is 12.0. The topological polar surface area (TPSA) is 87.7 Å². The number of nitrogens with one attached hydrogen (secondary N) is 2. The first kappa shape index (κ1) is 15.3. The quantitative estimate of drug-likeness (QED) is 0.790. The Labute approximate surface area is 123 Å². The van der Waals surface area contributed by atoms with Crippen molar-refractivity contribution in [2.45, 2.75) is 26.3 Å². The number of carboxylic acid groups (broad SMARTS) is 1. The lowest BCUT2D eigenvalue weighted by molar-refractivity contribution is -0.148. The Morgan fingerprint density at radius 3 is 2.90 bits per heavy atom. The molecule has 0 saturated carbocycles. The Bertz CT molecular complexity index is 546. The summed E-state index contributed by atoms with van der Waals surface area (Å²) >= 11 is 0. The smallest absolute Gasteiger partial charge is 0.319 e. The summed E-state index contributed by atoms with van der Waals surface area (Å²) in [6, 6.07) is 6.56. The van der Waals surface area contributed by atoms with E-state index in [0.29, 0.717) is 5.69 Å². The van der Waals surface area contributed by atoms with Crippen molar-refractivity contribution in [2.75, 3.05) is 18.5 Å². The summed E-state index contributed by atoms with van der Waals surface area (Å²) in [7, 11) is 0. The number of carboxylic acids is 1. The number of amides is 2. The Kier molecular flexibility index (Phi) is 4.47. The number of aliphatic carboxylic acids is 1. The highest BCUT2D eigenvalue weighted by Gasteiger charge is 2.47. The Hall–Kier alpha value is -2.08. The predicted molar refractivity (Wildman–Crippen MR) is 78.3 cm³/mol. The summed E-state index contributed by atoms with van der Waals surface area (Å²) in [6.45, 7) is 3.90. The highest BCUT2D eigenvalue weighted by Crippen LogP contribution is 2.28. The molecule has 2 rings (SSSR count). The number of anilines is 1. The molecule has 3 N–H and O–H groups in total. The van der Waals surface area contributed by atoms with E-state index in [-0.39, 0.29) is 13.2 Å². The van der Waals surface area contributed by atoms with Gasteiger partial charge >= 0.3 is 12.0 Å². The fourth-order valence-electron chi connectivity index (χ4n) is 2.28. The first-order valence-electron chi connectivity index (χ1n) is 6.93. The molecule has 1 aromatic rings. The Morgan fingerprint density at radius 2 is 2.24 bits per heavy atom. The van der Waals surface area contributed by atoms with Crippen molar-refractivity contribution in [2.24, 2.45) is 5.41 Å². The second kappa shape index (κ2) is 6.13. The lowest BCUT2D eigenvalue weighted by atomic mass is 9.85. The van der Waals surface area contributed by atoms with E-state index in [1.54, 1.807) is 13.0 Å². The molecule has 6 heteroatoms. The van der Waals surface area contributed by atoms with E-state index in [9.17, 15) is 14.7 Å². The first-order valence-corrected chi connectivity index (χ1v) is 6.93. The van der Waals surface area contributed by atoms with Gasteiger partial charge in [0.05, 0.1) is 19.3 Å². The van der Waals surface area contributed by atoms with Crippen LogP contribution in [0.5, 0.6) is 0 Å². The number of hydrogen-bond acceptors (Lipinski definition) is 3. The molecule has 114 valence electrons. The van der Waals surface area contributed by atoms with Gasteiger partial charge in [0.15, 0.2) is 0 Å². The van der Waals surface area contributed by atoms with Gasteiger partial charge in [-0.05, 0) is 31.0 Å². The molecule has 0 spiro atoms. The zero-order valence-corrected chi connectivity index (χ0v) is 12.2. The molecule has 2 unspecified atom stereocenters. The average molecular weight is 292 g/mol. The molecule has 0 aromatic heterocycles. The van der Waals surface area contributed by atoms with Gasteiger partial charge in [0.25, 0.3) is 0 Å². The number of urea groups is 1. The number of ether oxygens (including phenoxy) is 1. The van der Waals surface area contributed by atoms with Crippen molar-refractivity contribution >= 4 is 17.7 Å². The minimum Gasteiger partial charge on any atom is -0.481 e. The van der Waals surface area contributed by atoms with Crippen molar-refractivity contribution in [1.29, 1.82) is 0 Å². The standard InChI is InChI=1S/C15H20N2O4/c1-3-10-5-4-6-11(7-10)16-14(20)17-12-8-21-9-15(12,2)13(18)19/h4-7,12H,3,8-9H2,1-2H3,(H,18,19)(H2,16,17,20). The third-order valence-corrected chi connectivity index (χ3v) is 3.84. The van der Waals surface area contributed by atoms with Crippen LogP contribution in [0.25, 0.3) is 0 Å². The molecular formula is C15H20N2O4. The molecule has 1 saturated heterocycles. The van der Waals surface area contributed by atoms with Crippen LogP contribution >= 0.6 is 0 Å². The summed E-state index contributed by atoms with van der Waals surface area (Å²) < 4.78 is 5.20. The van der Waals surface area contributed by atoms with Gasteiger partial charge in [0, 0.05) is 5.69 Å². The molecular weight excluding hydrogens is 272 g/mol. The van der Waals surface area contributed by atoms with Gasteiger partial charge in [-0.2, -0.15) is 0 Å². The zero-order valence-electron chi connectivity index (χ0n) is 12.2. The van der Waals surface area contributed by atoms with Crippen LogP contribution in [-0.4, -0.2) is 36.4 Å². The van der Waals surface area contributed by atoms with Gasteiger partial charge in [-0.15, -0.1) is 0 Å². The van der Waals surface area contributed by atoms with Crippen LogP contribution in [-0.2, 0) is 16.0 Å². The number of hydrogen-bond donors (Lipinski definition) is 3. The van der Waals surface area contributed by atoms with Crippen LogP contribution in [0.3, 0.4) is 0 Å². The average Bonchev–Trinajstić information content (AvgIpc) is 2.81. The third kappa shape index (κ3) is 3.33. The van der Waals surface area contributed by atoms with E-state index in [2.05, 4.69) is 10.6 Å². The number of carbonyl (C=O) groups is 2. The molecule has 1 aliphatic heterocycles. The number of aryl methyl sites for hydroxylation is 1. The monoisotopic (exact) mass is 292 g/mol. The predicted octanol–water partition coefficient (Wildman–Crippen LogP) is 1.86. The van der Waals surface area contributed by atoms with Crippen molar-refractivity contribution < 1.29 is 19.4 Å². The van der Waals surface area contributed by atoms with E-state index in [1.807, 2.05) is 25.1 Å². The second-order valence-corrected chi connectivity index (χ2v) is 5.44. The van der Waals surface area contributed by atoms with Crippen LogP contribution < -0.4 is 10.6 Å². The zero-order chi connectivity index (χ0) is 15.5. The van der Waals surface area contributed by atoms with Crippen molar-refractivity contribution in [3.63, 3.8) is 0 Å². The highest BCUT2D eigenvalue weighted by molar-refractivity contribution is 5.90.